The second kappa shape index (κ2) is 11.7. The summed E-state index contributed by atoms with van der Waals surface area (Å²) >= 11 is 6.80. The van der Waals surface area contributed by atoms with E-state index >= 15 is 0 Å². The van der Waals surface area contributed by atoms with Gasteiger partial charge in [0.25, 0.3) is 6.43 Å². The van der Waals surface area contributed by atoms with Crippen molar-refractivity contribution >= 4 is 33.9 Å². The average molecular weight is 628 g/mol. The van der Waals surface area contributed by atoms with Crippen LogP contribution in [0.25, 0.3) is 22.0 Å². The van der Waals surface area contributed by atoms with Crippen molar-refractivity contribution in [3.63, 3.8) is 0 Å². The summed E-state index contributed by atoms with van der Waals surface area (Å²) in [5.41, 5.74) is 4.96. The number of nitrogens with one attached hydrogen (secondary N) is 2. The predicted octanol–water partition coefficient (Wildman–Crippen LogP) is 7.53. The molecule has 0 aliphatic heterocycles. The first-order chi connectivity index (χ1) is 21.5. The summed E-state index contributed by atoms with van der Waals surface area (Å²) in [6, 6.07) is 13.1. The molecule has 0 radical (unpaired) electrons. The number of fused-ring (bicyclic) bond motifs is 1. The molecular formula is C33H32ClF2N9. The Morgan fingerprint density at radius 2 is 1.93 bits per heavy atom. The Kier molecular flexibility index (Phi) is 7.87. The van der Waals surface area contributed by atoms with Crippen molar-refractivity contribution in [2.45, 2.75) is 58.5 Å². The number of alkyl halides is 2. The molecule has 230 valence electrons. The van der Waals surface area contributed by atoms with Crippen molar-refractivity contribution in [3.8, 4) is 17.2 Å². The number of hydrogen-bond donors (Lipinski definition) is 2. The van der Waals surface area contributed by atoms with E-state index in [9.17, 15) is 14.0 Å². The van der Waals surface area contributed by atoms with E-state index < -0.39 is 18.0 Å². The number of anilines is 2. The SMILES string of the molecule is Cc1c(-c2ccnnc2)cccc1[C@H](Nc1cc(Cl)c2ncc(C#N)c(NCC(C)(C)C)c2c1)c1cn(C2(C(F)F)CC2)nn1. The molecule has 1 atom stereocenters. The highest BCUT2D eigenvalue weighted by atomic mass is 35.5. The molecule has 2 aromatic carbocycles. The number of halogens is 3. The van der Waals surface area contributed by atoms with Crippen LogP contribution in [0.3, 0.4) is 0 Å². The minimum Gasteiger partial charge on any atom is -0.383 e. The quantitative estimate of drug-likeness (QED) is 0.172. The van der Waals surface area contributed by atoms with Gasteiger partial charge in [0.15, 0.2) is 0 Å². The summed E-state index contributed by atoms with van der Waals surface area (Å²) in [6.07, 6.45) is 4.58. The molecule has 3 heterocycles. The molecule has 5 aromatic rings. The summed E-state index contributed by atoms with van der Waals surface area (Å²) in [7, 11) is 0. The van der Waals surface area contributed by atoms with Gasteiger partial charge in [-0.25, -0.2) is 13.5 Å². The topological polar surface area (TPSA) is 117 Å². The Labute approximate surface area is 264 Å². The van der Waals surface area contributed by atoms with Crippen LogP contribution < -0.4 is 10.6 Å². The van der Waals surface area contributed by atoms with E-state index in [0.717, 1.165) is 22.3 Å². The number of nitriles is 1. The van der Waals surface area contributed by atoms with E-state index in [0.29, 0.717) is 57.9 Å². The molecular weight excluding hydrogens is 596 g/mol. The zero-order valence-electron chi connectivity index (χ0n) is 25.3. The second-order valence-corrected chi connectivity index (χ2v) is 13.1. The van der Waals surface area contributed by atoms with E-state index in [2.05, 4.69) is 63.0 Å². The Bertz CT molecular complexity index is 1910. The van der Waals surface area contributed by atoms with Crippen LogP contribution in [-0.4, -0.2) is 43.1 Å². The largest absolute Gasteiger partial charge is 0.383 e. The first kappa shape index (κ1) is 30.3. The Morgan fingerprint density at radius 3 is 2.60 bits per heavy atom. The van der Waals surface area contributed by atoms with Crippen molar-refractivity contribution in [1.82, 2.24) is 30.2 Å². The van der Waals surface area contributed by atoms with Gasteiger partial charge in [0.2, 0.25) is 0 Å². The molecule has 0 amide bonds. The summed E-state index contributed by atoms with van der Waals surface area (Å²) in [4.78, 5) is 4.48. The van der Waals surface area contributed by atoms with Gasteiger partial charge >= 0.3 is 0 Å². The van der Waals surface area contributed by atoms with Crippen molar-refractivity contribution in [2.24, 2.45) is 5.41 Å². The lowest BCUT2D eigenvalue weighted by atomic mass is 9.92. The third-order valence-electron chi connectivity index (χ3n) is 8.17. The first-order valence-corrected chi connectivity index (χ1v) is 15.0. The molecule has 9 nitrogen and oxygen atoms in total. The van der Waals surface area contributed by atoms with Crippen molar-refractivity contribution < 1.29 is 8.78 Å². The van der Waals surface area contributed by atoms with Crippen LogP contribution in [0, 0.1) is 23.7 Å². The second-order valence-electron chi connectivity index (χ2n) is 12.6. The Morgan fingerprint density at radius 1 is 1.13 bits per heavy atom. The van der Waals surface area contributed by atoms with E-state index in [1.165, 1.54) is 10.9 Å². The number of benzene rings is 2. The molecule has 0 unspecified atom stereocenters. The minimum absolute atomic E-state index is 0.0527. The molecule has 45 heavy (non-hydrogen) atoms. The first-order valence-electron chi connectivity index (χ1n) is 14.6. The smallest absolute Gasteiger partial charge is 0.263 e. The van der Waals surface area contributed by atoms with Gasteiger partial charge in [-0.05, 0) is 60.1 Å². The number of aromatic nitrogens is 6. The molecule has 1 fully saturated rings. The van der Waals surface area contributed by atoms with Crippen LogP contribution in [0.5, 0.6) is 0 Å². The van der Waals surface area contributed by atoms with Gasteiger partial charge < -0.3 is 10.6 Å². The van der Waals surface area contributed by atoms with Gasteiger partial charge in [-0.1, -0.05) is 55.8 Å². The highest BCUT2D eigenvalue weighted by molar-refractivity contribution is 6.35. The number of pyridine rings is 1. The fraction of sp³-hybridized carbons (Fsp3) is 0.333. The van der Waals surface area contributed by atoms with Gasteiger partial charge in [0.1, 0.15) is 17.3 Å². The van der Waals surface area contributed by atoms with E-state index in [4.69, 9.17) is 11.6 Å². The van der Waals surface area contributed by atoms with Crippen LogP contribution in [0.2, 0.25) is 5.02 Å². The monoisotopic (exact) mass is 627 g/mol. The van der Waals surface area contributed by atoms with Crippen LogP contribution in [0.15, 0.2) is 61.2 Å². The van der Waals surface area contributed by atoms with Gasteiger partial charge in [-0.2, -0.15) is 15.5 Å². The number of nitrogens with zero attached hydrogens (tertiary/aromatic N) is 7. The maximum Gasteiger partial charge on any atom is 0.263 e. The molecule has 12 heteroatoms. The van der Waals surface area contributed by atoms with Crippen LogP contribution in [0.4, 0.5) is 20.2 Å². The molecule has 0 spiro atoms. The Hall–Kier alpha value is -4.69. The minimum atomic E-state index is -2.55. The Balaban J connectivity index is 1.48. The van der Waals surface area contributed by atoms with Crippen LogP contribution in [0.1, 0.15) is 62.0 Å². The molecule has 3 aromatic heterocycles. The predicted molar refractivity (Wildman–Crippen MR) is 170 cm³/mol. The maximum atomic E-state index is 14.0. The van der Waals surface area contributed by atoms with Crippen LogP contribution >= 0.6 is 11.6 Å². The van der Waals surface area contributed by atoms with Crippen molar-refractivity contribution in [1.29, 1.82) is 5.26 Å². The lowest BCUT2D eigenvalue weighted by molar-refractivity contribution is 0.0593. The highest BCUT2D eigenvalue weighted by Gasteiger charge is 2.54. The zero-order chi connectivity index (χ0) is 31.9. The average Bonchev–Trinajstić information content (AvgIpc) is 3.69. The molecule has 2 N–H and O–H groups in total. The third-order valence-corrected chi connectivity index (χ3v) is 8.45. The summed E-state index contributed by atoms with van der Waals surface area (Å²) in [5, 5.41) is 34.5. The number of rotatable bonds is 9. The molecule has 0 saturated heterocycles. The molecule has 1 saturated carbocycles. The van der Waals surface area contributed by atoms with E-state index in [-0.39, 0.29) is 5.41 Å². The summed E-state index contributed by atoms with van der Waals surface area (Å²) in [5.74, 6) is 0. The molecule has 1 aliphatic carbocycles. The number of hydrogen-bond acceptors (Lipinski definition) is 8. The fourth-order valence-electron chi connectivity index (χ4n) is 5.48. The van der Waals surface area contributed by atoms with E-state index in [1.54, 1.807) is 24.7 Å². The maximum absolute atomic E-state index is 14.0. The molecule has 0 bridgehead atoms. The highest BCUT2D eigenvalue weighted by Crippen LogP contribution is 2.48. The fourth-order valence-corrected chi connectivity index (χ4v) is 5.75. The van der Waals surface area contributed by atoms with Gasteiger partial charge in [0, 0.05) is 29.4 Å². The lowest BCUT2D eigenvalue weighted by Crippen LogP contribution is -2.26. The summed E-state index contributed by atoms with van der Waals surface area (Å²) in [6.45, 7) is 8.92. The lowest BCUT2D eigenvalue weighted by Gasteiger charge is -2.24. The van der Waals surface area contributed by atoms with Crippen molar-refractivity contribution in [3.05, 3.63) is 88.6 Å². The van der Waals surface area contributed by atoms with Gasteiger partial charge in [-0.3, -0.25) is 4.98 Å². The van der Waals surface area contributed by atoms with Gasteiger partial charge in [-0.15, -0.1) is 5.10 Å². The van der Waals surface area contributed by atoms with E-state index in [1.807, 2.05) is 37.3 Å². The zero-order valence-corrected chi connectivity index (χ0v) is 26.1. The summed E-state index contributed by atoms with van der Waals surface area (Å²) < 4.78 is 29.3. The standard InChI is InChI=1S/C33H32ClF2N9/c1-19-23(20-8-11-40-41-16-20)6-5-7-24(19)30(27-17-45(44-43-27)33(9-10-33)31(35)36)42-22-12-25-28(39-18-32(2,3)4)21(14-37)15-38-29(25)26(34)13-22/h5-8,11-13,15-17,30-31,42H,9-10,18H2,1-4H3,(H,38,39)/t30-/m0/s1. The van der Waals surface area contributed by atoms with Gasteiger partial charge in [0.05, 0.1) is 46.4 Å². The molecule has 6 rings (SSSR count). The van der Waals surface area contributed by atoms with Crippen LogP contribution in [-0.2, 0) is 5.54 Å². The normalized spacial score (nSPS) is 14.7. The molecule has 1 aliphatic rings. The third kappa shape index (κ3) is 5.90. The van der Waals surface area contributed by atoms with Crippen molar-refractivity contribution in [2.75, 3.05) is 17.2 Å².